The van der Waals surface area contributed by atoms with Crippen LogP contribution in [0.5, 0.6) is 5.75 Å². The van der Waals surface area contributed by atoms with Gasteiger partial charge in [0, 0.05) is 30.9 Å². The van der Waals surface area contributed by atoms with Crippen molar-refractivity contribution in [3.05, 3.63) is 70.1 Å². The molecule has 0 radical (unpaired) electrons. The fourth-order valence-electron chi connectivity index (χ4n) is 2.09. The molecule has 1 heterocycles. The molecule has 0 saturated carbocycles. The zero-order valence-electron chi connectivity index (χ0n) is 14.7. The second-order valence-electron chi connectivity index (χ2n) is 5.74. The topological polar surface area (TPSA) is 80.3 Å². The summed E-state index contributed by atoms with van der Waals surface area (Å²) in [5, 5.41) is 6.09. The standard InChI is InChI=1S/C19H19Cl2N3O3/c1-12-5-7-22-17(9-12)19(26)23-8-6-13(2)24-18(25)11-27-14-3-4-15(20)16(21)10-14/h3-5,7,9-10H,2,6,8,11H2,1H3,(H,23,26)(H,24,25). The summed E-state index contributed by atoms with van der Waals surface area (Å²) in [6.07, 6.45) is 1.97. The van der Waals surface area contributed by atoms with Gasteiger partial charge in [0.1, 0.15) is 11.4 Å². The third-order valence-corrected chi connectivity index (χ3v) is 4.18. The molecule has 2 rings (SSSR count). The van der Waals surface area contributed by atoms with E-state index < -0.39 is 0 Å². The first kappa shape index (κ1) is 20.7. The number of aromatic nitrogens is 1. The number of ether oxygens (including phenoxy) is 1. The van der Waals surface area contributed by atoms with E-state index in [0.717, 1.165) is 5.56 Å². The van der Waals surface area contributed by atoms with Crippen LogP contribution in [0.2, 0.25) is 10.0 Å². The van der Waals surface area contributed by atoms with E-state index in [1.54, 1.807) is 24.4 Å². The van der Waals surface area contributed by atoms with Crippen LogP contribution < -0.4 is 15.4 Å². The van der Waals surface area contributed by atoms with Gasteiger partial charge in [0.2, 0.25) is 0 Å². The Kier molecular flexibility index (Phi) is 7.64. The first-order chi connectivity index (χ1) is 12.8. The van der Waals surface area contributed by atoms with Gasteiger partial charge in [-0.3, -0.25) is 14.6 Å². The molecule has 0 unspecified atom stereocenters. The molecule has 2 aromatic rings. The smallest absolute Gasteiger partial charge is 0.269 e. The molecule has 142 valence electrons. The predicted molar refractivity (Wildman–Crippen MR) is 105 cm³/mol. The van der Waals surface area contributed by atoms with Crippen LogP contribution in [0.1, 0.15) is 22.5 Å². The number of hydrogen-bond acceptors (Lipinski definition) is 4. The average molecular weight is 408 g/mol. The number of aryl methyl sites for hydroxylation is 1. The summed E-state index contributed by atoms with van der Waals surface area (Å²) < 4.78 is 5.34. The lowest BCUT2D eigenvalue weighted by Crippen LogP contribution is -2.31. The number of carbonyl (C=O) groups excluding carboxylic acids is 2. The van der Waals surface area contributed by atoms with Crippen molar-refractivity contribution in [3.63, 3.8) is 0 Å². The highest BCUT2D eigenvalue weighted by Gasteiger charge is 2.09. The van der Waals surface area contributed by atoms with Crippen molar-refractivity contribution in [2.24, 2.45) is 0 Å². The lowest BCUT2D eigenvalue weighted by atomic mass is 10.2. The Morgan fingerprint density at radius 1 is 1.19 bits per heavy atom. The summed E-state index contributed by atoms with van der Waals surface area (Å²) in [4.78, 5) is 27.9. The Hall–Kier alpha value is -2.57. The van der Waals surface area contributed by atoms with Crippen LogP contribution in [0.25, 0.3) is 0 Å². The van der Waals surface area contributed by atoms with Gasteiger partial charge in [0.15, 0.2) is 6.61 Å². The van der Waals surface area contributed by atoms with Crippen LogP contribution in [-0.2, 0) is 4.79 Å². The highest BCUT2D eigenvalue weighted by molar-refractivity contribution is 6.42. The normalized spacial score (nSPS) is 10.2. The van der Waals surface area contributed by atoms with Crippen LogP contribution in [0.3, 0.4) is 0 Å². The molecule has 1 aromatic heterocycles. The van der Waals surface area contributed by atoms with Gasteiger partial charge < -0.3 is 15.4 Å². The minimum Gasteiger partial charge on any atom is -0.484 e. The largest absolute Gasteiger partial charge is 0.484 e. The molecule has 0 saturated heterocycles. The second kappa shape index (κ2) is 9.94. The minimum atomic E-state index is -0.363. The Balaban J connectivity index is 1.69. The van der Waals surface area contributed by atoms with E-state index >= 15 is 0 Å². The zero-order valence-corrected chi connectivity index (χ0v) is 16.2. The molecule has 0 spiro atoms. The molecular formula is C19H19Cl2N3O3. The van der Waals surface area contributed by atoms with E-state index in [9.17, 15) is 9.59 Å². The lowest BCUT2D eigenvalue weighted by Gasteiger charge is -2.11. The highest BCUT2D eigenvalue weighted by atomic mass is 35.5. The Morgan fingerprint density at radius 2 is 1.96 bits per heavy atom. The molecular weight excluding hydrogens is 389 g/mol. The van der Waals surface area contributed by atoms with Crippen LogP contribution in [0.4, 0.5) is 0 Å². The van der Waals surface area contributed by atoms with E-state index in [0.29, 0.717) is 40.2 Å². The molecule has 0 fully saturated rings. The van der Waals surface area contributed by atoms with Gasteiger partial charge >= 0.3 is 0 Å². The van der Waals surface area contributed by atoms with Crippen LogP contribution >= 0.6 is 23.2 Å². The van der Waals surface area contributed by atoms with Crippen LogP contribution in [0.15, 0.2) is 48.8 Å². The summed E-state index contributed by atoms with van der Waals surface area (Å²) in [6, 6.07) is 8.24. The average Bonchev–Trinajstić information content (AvgIpc) is 2.62. The van der Waals surface area contributed by atoms with Gasteiger partial charge in [-0.1, -0.05) is 29.8 Å². The molecule has 8 heteroatoms. The van der Waals surface area contributed by atoms with Crippen molar-refractivity contribution in [2.45, 2.75) is 13.3 Å². The number of carbonyl (C=O) groups is 2. The van der Waals surface area contributed by atoms with Crippen molar-refractivity contribution in [1.29, 1.82) is 0 Å². The summed E-state index contributed by atoms with van der Waals surface area (Å²) in [6.45, 7) is 5.77. The van der Waals surface area contributed by atoms with Gasteiger partial charge in [-0.2, -0.15) is 0 Å². The van der Waals surface area contributed by atoms with Gasteiger partial charge in [-0.15, -0.1) is 0 Å². The number of pyridine rings is 1. The van der Waals surface area contributed by atoms with Crippen molar-refractivity contribution < 1.29 is 14.3 Å². The third-order valence-electron chi connectivity index (χ3n) is 3.44. The number of benzene rings is 1. The summed E-state index contributed by atoms with van der Waals surface area (Å²) in [5.41, 5.74) is 1.77. The number of nitrogens with one attached hydrogen (secondary N) is 2. The molecule has 0 bridgehead atoms. The van der Waals surface area contributed by atoms with Crippen LogP contribution in [0, 0.1) is 6.92 Å². The van der Waals surface area contributed by atoms with Gasteiger partial charge in [0.05, 0.1) is 10.0 Å². The molecule has 0 aliphatic carbocycles. The maximum atomic E-state index is 12.0. The fourth-order valence-corrected chi connectivity index (χ4v) is 2.38. The Morgan fingerprint density at radius 3 is 2.67 bits per heavy atom. The Labute approximate surface area is 167 Å². The maximum absolute atomic E-state index is 12.0. The fraction of sp³-hybridized carbons (Fsp3) is 0.211. The SMILES string of the molecule is C=C(CCNC(=O)c1cc(C)ccn1)NC(=O)COc1ccc(Cl)c(Cl)c1. The molecule has 6 nitrogen and oxygen atoms in total. The first-order valence-electron chi connectivity index (χ1n) is 8.11. The second-order valence-corrected chi connectivity index (χ2v) is 6.56. The molecule has 2 amide bonds. The zero-order chi connectivity index (χ0) is 19.8. The number of hydrogen-bond donors (Lipinski definition) is 2. The number of amides is 2. The quantitative estimate of drug-likeness (QED) is 0.701. The van der Waals surface area contributed by atoms with E-state index in [4.69, 9.17) is 27.9 Å². The maximum Gasteiger partial charge on any atom is 0.269 e. The van der Waals surface area contributed by atoms with Gasteiger partial charge in [-0.25, -0.2) is 0 Å². The molecule has 0 atom stereocenters. The minimum absolute atomic E-state index is 0.198. The number of rotatable bonds is 8. The van der Waals surface area contributed by atoms with E-state index in [1.807, 2.05) is 13.0 Å². The first-order valence-corrected chi connectivity index (χ1v) is 8.87. The molecule has 0 aliphatic rings. The summed E-state index contributed by atoms with van der Waals surface area (Å²) in [5.74, 6) is -0.207. The molecule has 0 aliphatic heterocycles. The van der Waals surface area contributed by atoms with Crippen molar-refractivity contribution in [1.82, 2.24) is 15.6 Å². The van der Waals surface area contributed by atoms with E-state index in [2.05, 4.69) is 22.2 Å². The molecule has 27 heavy (non-hydrogen) atoms. The highest BCUT2D eigenvalue weighted by Crippen LogP contribution is 2.26. The molecule has 1 aromatic carbocycles. The number of nitrogens with zero attached hydrogens (tertiary/aromatic N) is 1. The van der Waals surface area contributed by atoms with E-state index in [1.165, 1.54) is 6.07 Å². The van der Waals surface area contributed by atoms with Gasteiger partial charge in [0.25, 0.3) is 11.8 Å². The van der Waals surface area contributed by atoms with Crippen LogP contribution in [-0.4, -0.2) is 29.9 Å². The summed E-state index contributed by atoms with van der Waals surface area (Å²) >= 11 is 11.7. The third kappa shape index (κ3) is 6.92. The number of halogens is 2. The van der Waals surface area contributed by atoms with Crippen molar-refractivity contribution >= 4 is 35.0 Å². The van der Waals surface area contributed by atoms with Crippen molar-refractivity contribution in [3.8, 4) is 5.75 Å². The molecule has 2 N–H and O–H groups in total. The lowest BCUT2D eigenvalue weighted by molar-refractivity contribution is -0.122. The van der Waals surface area contributed by atoms with Gasteiger partial charge in [-0.05, 0) is 36.8 Å². The monoisotopic (exact) mass is 407 g/mol. The van der Waals surface area contributed by atoms with Crippen molar-refractivity contribution in [2.75, 3.05) is 13.2 Å². The van der Waals surface area contributed by atoms with E-state index in [-0.39, 0.29) is 18.4 Å². The Bertz CT molecular complexity index is 856. The summed E-state index contributed by atoms with van der Waals surface area (Å²) in [7, 11) is 0. The predicted octanol–water partition coefficient (Wildman–Crippen LogP) is 3.53.